The molecule has 0 aliphatic carbocycles. The van der Waals surface area contributed by atoms with E-state index >= 15 is 0 Å². The van der Waals surface area contributed by atoms with Crippen molar-refractivity contribution in [2.45, 2.75) is 232 Å². The van der Waals surface area contributed by atoms with Crippen LogP contribution in [0.4, 0.5) is 0 Å². The molecule has 1 atom stereocenters. The Morgan fingerprint density at radius 1 is 0.304 bits per heavy atom. The first-order valence-electron chi connectivity index (χ1n) is 27.7. The molecule has 0 bridgehead atoms. The molecular weight excluding hydrogens is 853 g/mol. The van der Waals surface area contributed by atoms with Gasteiger partial charge in [0.05, 0.1) is 0 Å². The van der Waals surface area contributed by atoms with Gasteiger partial charge in [0.1, 0.15) is 13.2 Å². The lowest BCUT2D eigenvalue weighted by atomic mass is 10.1. The van der Waals surface area contributed by atoms with Crippen molar-refractivity contribution < 1.29 is 28.6 Å². The summed E-state index contributed by atoms with van der Waals surface area (Å²) in [6.45, 7) is 6.29. The number of ether oxygens (including phenoxy) is 3. The zero-order valence-electron chi connectivity index (χ0n) is 44.3. The summed E-state index contributed by atoms with van der Waals surface area (Å²) >= 11 is 0. The van der Waals surface area contributed by atoms with Crippen molar-refractivity contribution in [1.29, 1.82) is 0 Å². The number of unbranched alkanes of at least 4 members (excludes halogenated alkanes) is 15. The van der Waals surface area contributed by atoms with Gasteiger partial charge in [-0.2, -0.15) is 0 Å². The van der Waals surface area contributed by atoms with E-state index in [0.29, 0.717) is 12.8 Å². The predicted molar refractivity (Wildman–Crippen MR) is 297 cm³/mol. The number of esters is 3. The van der Waals surface area contributed by atoms with Crippen molar-refractivity contribution in [2.75, 3.05) is 13.2 Å². The van der Waals surface area contributed by atoms with Gasteiger partial charge < -0.3 is 14.2 Å². The quantitative estimate of drug-likeness (QED) is 0.0262. The van der Waals surface area contributed by atoms with E-state index in [0.717, 1.165) is 128 Å². The first-order valence-corrected chi connectivity index (χ1v) is 27.7. The molecule has 0 amide bonds. The molecule has 0 fully saturated rings. The van der Waals surface area contributed by atoms with E-state index < -0.39 is 6.10 Å². The van der Waals surface area contributed by atoms with Crippen molar-refractivity contribution in [3.63, 3.8) is 0 Å². The Labute approximate surface area is 424 Å². The molecule has 0 aliphatic heterocycles. The van der Waals surface area contributed by atoms with Crippen LogP contribution in [-0.4, -0.2) is 37.2 Å². The number of allylic oxidation sites excluding steroid dienone is 22. The molecule has 0 aromatic rings. The van der Waals surface area contributed by atoms with Crippen LogP contribution in [0.15, 0.2) is 134 Å². The highest BCUT2D eigenvalue weighted by molar-refractivity contribution is 5.71. The fourth-order valence-electron chi connectivity index (χ4n) is 7.04. The van der Waals surface area contributed by atoms with Crippen molar-refractivity contribution in [3.8, 4) is 0 Å². The Morgan fingerprint density at radius 2 is 0.594 bits per heavy atom. The topological polar surface area (TPSA) is 78.9 Å². The highest BCUT2D eigenvalue weighted by atomic mass is 16.6. The summed E-state index contributed by atoms with van der Waals surface area (Å²) < 4.78 is 16.7. The van der Waals surface area contributed by atoms with Crippen LogP contribution in [0.25, 0.3) is 0 Å². The number of hydrogen-bond acceptors (Lipinski definition) is 6. The van der Waals surface area contributed by atoms with E-state index in [1.165, 1.54) is 51.4 Å². The van der Waals surface area contributed by atoms with Gasteiger partial charge in [-0.1, -0.05) is 219 Å². The molecule has 0 saturated carbocycles. The van der Waals surface area contributed by atoms with E-state index in [4.69, 9.17) is 14.2 Å². The largest absolute Gasteiger partial charge is 0.462 e. The van der Waals surface area contributed by atoms with Crippen molar-refractivity contribution in [2.24, 2.45) is 0 Å². The van der Waals surface area contributed by atoms with Crippen LogP contribution in [0.5, 0.6) is 0 Å². The number of carbonyl (C=O) groups excluding carboxylic acids is 3. The molecule has 69 heavy (non-hydrogen) atoms. The van der Waals surface area contributed by atoms with Crippen LogP contribution < -0.4 is 0 Å². The fourth-order valence-corrected chi connectivity index (χ4v) is 7.04. The first kappa shape index (κ1) is 64.5. The highest BCUT2D eigenvalue weighted by Crippen LogP contribution is 2.12. The van der Waals surface area contributed by atoms with Crippen LogP contribution in [0.3, 0.4) is 0 Å². The second kappa shape index (κ2) is 56.1. The second-order valence-electron chi connectivity index (χ2n) is 17.7. The maximum absolute atomic E-state index is 12.8. The molecule has 6 nitrogen and oxygen atoms in total. The van der Waals surface area contributed by atoms with Gasteiger partial charge >= 0.3 is 17.9 Å². The summed E-state index contributed by atoms with van der Waals surface area (Å²) in [5, 5.41) is 0. The molecule has 0 radical (unpaired) electrons. The van der Waals surface area contributed by atoms with Crippen LogP contribution >= 0.6 is 0 Å². The molecule has 0 aromatic heterocycles. The van der Waals surface area contributed by atoms with Crippen molar-refractivity contribution in [1.82, 2.24) is 0 Å². The number of rotatable bonds is 48. The van der Waals surface area contributed by atoms with Crippen LogP contribution in [0, 0.1) is 0 Å². The van der Waals surface area contributed by atoms with E-state index in [-0.39, 0.29) is 44.0 Å². The molecule has 0 aliphatic rings. The molecule has 0 rings (SSSR count). The molecular formula is C63H100O6. The molecule has 6 heteroatoms. The van der Waals surface area contributed by atoms with Crippen LogP contribution in [-0.2, 0) is 28.6 Å². The van der Waals surface area contributed by atoms with Gasteiger partial charge in [0.25, 0.3) is 0 Å². The summed E-state index contributed by atoms with van der Waals surface area (Å²) in [4.78, 5) is 38.1. The lowest BCUT2D eigenvalue weighted by Gasteiger charge is -2.18. The van der Waals surface area contributed by atoms with Crippen LogP contribution in [0.2, 0.25) is 0 Å². The SMILES string of the molecule is CC/C=C\C/C=C\C/C=C\C/C=C\CCCCCCC(=O)OC(COC(=O)CC/C=C\C/C=C\C/C=C\C/C=C\CC)COC(=O)CCCCCCCC/C=C\C/C=C\C/C=C\CCCCCCC. The number of carbonyl (C=O) groups is 3. The molecule has 0 heterocycles. The van der Waals surface area contributed by atoms with E-state index in [2.05, 4.69) is 142 Å². The summed E-state index contributed by atoms with van der Waals surface area (Å²) in [7, 11) is 0. The molecule has 388 valence electrons. The van der Waals surface area contributed by atoms with Gasteiger partial charge in [-0.25, -0.2) is 0 Å². The third-order valence-electron chi connectivity index (χ3n) is 11.1. The Hall–Kier alpha value is -4.45. The maximum atomic E-state index is 12.8. The predicted octanol–water partition coefficient (Wildman–Crippen LogP) is 18.6. The van der Waals surface area contributed by atoms with Crippen LogP contribution in [0.1, 0.15) is 226 Å². The van der Waals surface area contributed by atoms with Gasteiger partial charge in [-0.3, -0.25) is 14.4 Å². The average Bonchev–Trinajstić information content (AvgIpc) is 3.35. The molecule has 0 spiro atoms. The van der Waals surface area contributed by atoms with Gasteiger partial charge in [0.2, 0.25) is 0 Å². The Kier molecular flexibility index (Phi) is 52.5. The van der Waals surface area contributed by atoms with E-state index in [9.17, 15) is 14.4 Å². The van der Waals surface area contributed by atoms with Gasteiger partial charge in [0.15, 0.2) is 6.10 Å². The second-order valence-corrected chi connectivity index (χ2v) is 17.7. The van der Waals surface area contributed by atoms with E-state index in [1.807, 2.05) is 12.2 Å². The summed E-state index contributed by atoms with van der Waals surface area (Å²) in [5.41, 5.74) is 0. The zero-order chi connectivity index (χ0) is 50.0. The van der Waals surface area contributed by atoms with E-state index in [1.54, 1.807) is 0 Å². The minimum absolute atomic E-state index is 0.122. The monoisotopic (exact) mass is 953 g/mol. The zero-order valence-corrected chi connectivity index (χ0v) is 44.3. The number of hydrogen-bond donors (Lipinski definition) is 0. The Morgan fingerprint density at radius 3 is 0.971 bits per heavy atom. The lowest BCUT2D eigenvalue weighted by molar-refractivity contribution is -0.166. The third kappa shape index (κ3) is 54.4. The van der Waals surface area contributed by atoms with Gasteiger partial charge in [0, 0.05) is 19.3 Å². The summed E-state index contributed by atoms with van der Waals surface area (Å²) in [6.07, 6.45) is 78.8. The highest BCUT2D eigenvalue weighted by Gasteiger charge is 2.19. The van der Waals surface area contributed by atoms with Gasteiger partial charge in [-0.05, 0) is 122 Å². The summed E-state index contributed by atoms with van der Waals surface area (Å²) in [5.74, 6) is -1.05. The molecule has 0 N–H and O–H groups in total. The normalized spacial score (nSPS) is 13.1. The first-order chi connectivity index (χ1) is 34.0. The molecule has 1 unspecified atom stereocenters. The van der Waals surface area contributed by atoms with Crippen molar-refractivity contribution >= 4 is 17.9 Å². The van der Waals surface area contributed by atoms with Gasteiger partial charge in [-0.15, -0.1) is 0 Å². The minimum Gasteiger partial charge on any atom is -0.462 e. The minimum atomic E-state index is -0.831. The molecule has 0 saturated heterocycles. The van der Waals surface area contributed by atoms with Crippen molar-refractivity contribution in [3.05, 3.63) is 134 Å². The Bertz CT molecular complexity index is 1510. The standard InChI is InChI=1S/C63H100O6/c1-4-7-10-13-16-19-22-25-27-29-30-31-32-34-35-38-41-44-47-50-53-56-62(65)68-59-60(58-67-61(64)55-52-49-46-43-40-37-24-21-18-15-12-9-6-3)69-63(66)57-54-51-48-45-42-39-36-33-28-26-23-20-17-14-11-8-5-2/h8-9,11-12,17-18,20-22,25-26,28-30,32,34,36-37,39-40,46,49,60H,4-7,10,13-16,19,23-24,27,31,33,35,38,41-45,47-48,50-59H2,1-3H3/b11-8-,12-9-,20-17-,21-18-,25-22-,28-26-,30-29-,34-32-,39-36-,40-37-,49-46-. The Balaban J connectivity index is 4.52. The molecule has 0 aromatic carbocycles. The smallest absolute Gasteiger partial charge is 0.306 e. The lowest BCUT2D eigenvalue weighted by Crippen LogP contribution is -2.30. The third-order valence-corrected chi connectivity index (χ3v) is 11.1. The average molecular weight is 953 g/mol. The summed E-state index contributed by atoms with van der Waals surface area (Å²) in [6, 6.07) is 0. The maximum Gasteiger partial charge on any atom is 0.306 e. The fraction of sp³-hybridized carbons (Fsp3) is 0.603.